The van der Waals surface area contributed by atoms with Gasteiger partial charge in [-0.15, -0.1) is 0 Å². The highest BCUT2D eigenvalue weighted by atomic mass is 16.5. The minimum absolute atomic E-state index is 0.176. The molecule has 5 nitrogen and oxygen atoms in total. The number of methoxy groups -OCH3 is 1. The lowest BCUT2D eigenvalue weighted by Crippen LogP contribution is -2.22. The van der Waals surface area contributed by atoms with Crippen molar-refractivity contribution >= 4 is 5.97 Å². The maximum atomic E-state index is 11.6. The van der Waals surface area contributed by atoms with Crippen molar-refractivity contribution in [1.29, 1.82) is 0 Å². The van der Waals surface area contributed by atoms with E-state index in [-0.39, 0.29) is 11.9 Å². The van der Waals surface area contributed by atoms with Gasteiger partial charge in [0, 0.05) is 5.69 Å². The van der Waals surface area contributed by atoms with Crippen molar-refractivity contribution in [2.24, 2.45) is 5.92 Å². The van der Waals surface area contributed by atoms with Crippen molar-refractivity contribution in [3.8, 4) is 6.01 Å². The van der Waals surface area contributed by atoms with Gasteiger partial charge in [0.1, 0.15) is 5.92 Å². The molecule has 0 spiro atoms. The number of rotatable bonds is 4. The number of nitrogens with zero attached hydrogens (tertiary/aromatic N) is 2. The van der Waals surface area contributed by atoms with Crippen molar-refractivity contribution in [2.45, 2.75) is 45.4 Å². The fourth-order valence-corrected chi connectivity index (χ4v) is 2.85. The smallest absolute Gasteiger partial charge is 0.316 e. The molecule has 19 heavy (non-hydrogen) atoms. The highest BCUT2D eigenvalue weighted by molar-refractivity contribution is 5.76. The minimum atomic E-state index is -0.796. The molecule has 0 bridgehead atoms. The van der Waals surface area contributed by atoms with E-state index in [0.717, 1.165) is 36.9 Å². The number of carboxylic acids is 1. The molecule has 1 N–H and O–H groups in total. The van der Waals surface area contributed by atoms with Gasteiger partial charge in [-0.25, -0.2) is 4.98 Å². The molecule has 1 atom stereocenters. The summed E-state index contributed by atoms with van der Waals surface area (Å²) < 4.78 is 5.07. The van der Waals surface area contributed by atoms with E-state index in [1.807, 2.05) is 13.8 Å². The van der Waals surface area contributed by atoms with E-state index in [4.69, 9.17) is 4.74 Å². The molecule has 0 radical (unpaired) electrons. The summed E-state index contributed by atoms with van der Waals surface area (Å²) in [6, 6.07) is 0.252. The van der Waals surface area contributed by atoms with Gasteiger partial charge in [-0.2, -0.15) is 4.98 Å². The molecule has 5 heteroatoms. The number of carboxylic acid groups (broad SMARTS) is 1. The summed E-state index contributed by atoms with van der Waals surface area (Å²) in [5.41, 5.74) is 2.26. The van der Waals surface area contributed by atoms with Crippen LogP contribution in [0.25, 0.3) is 0 Å². The second kappa shape index (κ2) is 5.55. The first-order chi connectivity index (χ1) is 9.04. The molecule has 2 rings (SSSR count). The SMILES string of the molecule is COc1nc(C)c(C)c(C(C(=O)O)C2CCCC2)n1. The molecule has 1 aromatic rings. The largest absolute Gasteiger partial charge is 0.481 e. The Morgan fingerprint density at radius 3 is 2.47 bits per heavy atom. The van der Waals surface area contributed by atoms with Crippen LogP contribution in [0.1, 0.15) is 48.6 Å². The summed E-state index contributed by atoms with van der Waals surface area (Å²) >= 11 is 0. The summed E-state index contributed by atoms with van der Waals surface area (Å²) in [5.74, 6) is -1.16. The summed E-state index contributed by atoms with van der Waals surface area (Å²) in [7, 11) is 1.50. The number of aryl methyl sites for hydroxylation is 1. The average molecular weight is 264 g/mol. The molecule has 0 saturated heterocycles. The van der Waals surface area contributed by atoms with Crippen molar-refractivity contribution in [3.05, 3.63) is 17.0 Å². The Morgan fingerprint density at radius 1 is 1.32 bits per heavy atom. The van der Waals surface area contributed by atoms with Crippen LogP contribution in [0.2, 0.25) is 0 Å². The van der Waals surface area contributed by atoms with Gasteiger partial charge in [0.2, 0.25) is 0 Å². The van der Waals surface area contributed by atoms with Gasteiger partial charge >= 0.3 is 12.0 Å². The molecule has 1 heterocycles. The van der Waals surface area contributed by atoms with Crippen LogP contribution in [-0.4, -0.2) is 28.2 Å². The molecule has 1 aromatic heterocycles. The molecule has 1 unspecified atom stereocenters. The Hall–Kier alpha value is -1.65. The van der Waals surface area contributed by atoms with E-state index in [0.29, 0.717) is 5.69 Å². The lowest BCUT2D eigenvalue weighted by atomic mass is 9.86. The second-order valence-corrected chi connectivity index (χ2v) is 5.17. The van der Waals surface area contributed by atoms with E-state index in [1.54, 1.807) is 0 Å². The van der Waals surface area contributed by atoms with Gasteiger partial charge in [0.05, 0.1) is 12.8 Å². The molecule has 1 aliphatic carbocycles. The van der Waals surface area contributed by atoms with E-state index in [2.05, 4.69) is 9.97 Å². The summed E-state index contributed by atoms with van der Waals surface area (Å²) in [6.45, 7) is 3.74. The number of hydrogen-bond donors (Lipinski definition) is 1. The highest BCUT2D eigenvalue weighted by Gasteiger charge is 2.34. The normalized spacial score (nSPS) is 17.4. The zero-order chi connectivity index (χ0) is 14.0. The lowest BCUT2D eigenvalue weighted by Gasteiger charge is -2.21. The fourth-order valence-electron chi connectivity index (χ4n) is 2.85. The predicted octanol–water partition coefficient (Wildman–Crippen LogP) is 2.46. The number of ether oxygens (including phenoxy) is 1. The quantitative estimate of drug-likeness (QED) is 0.904. The van der Waals surface area contributed by atoms with Crippen LogP contribution in [0.4, 0.5) is 0 Å². The minimum Gasteiger partial charge on any atom is -0.481 e. The third-order valence-corrected chi connectivity index (χ3v) is 4.02. The number of aliphatic carboxylic acids is 1. The van der Waals surface area contributed by atoms with Gasteiger partial charge < -0.3 is 9.84 Å². The maximum Gasteiger partial charge on any atom is 0.316 e. The molecule has 1 saturated carbocycles. The molecule has 0 aliphatic heterocycles. The van der Waals surface area contributed by atoms with E-state index in [9.17, 15) is 9.90 Å². The first kappa shape index (κ1) is 13.8. The number of hydrogen-bond acceptors (Lipinski definition) is 4. The van der Waals surface area contributed by atoms with Crippen LogP contribution < -0.4 is 4.74 Å². The van der Waals surface area contributed by atoms with E-state index >= 15 is 0 Å². The van der Waals surface area contributed by atoms with Crippen molar-refractivity contribution in [2.75, 3.05) is 7.11 Å². The van der Waals surface area contributed by atoms with Crippen LogP contribution in [0.5, 0.6) is 6.01 Å². The Balaban J connectivity index is 2.46. The predicted molar refractivity (Wildman–Crippen MR) is 70.4 cm³/mol. The van der Waals surface area contributed by atoms with Crippen molar-refractivity contribution < 1.29 is 14.6 Å². The van der Waals surface area contributed by atoms with Crippen molar-refractivity contribution in [3.63, 3.8) is 0 Å². The van der Waals surface area contributed by atoms with Crippen LogP contribution in [-0.2, 0) is 4.79 Å². The third kappa shape index (κ3) is 2.69. The Morgan fingerprint density at radius 2 is 1.95 bits per heavy atom. The summed E-state index contributed by atoms with van der Waals surface area (Å²) in [4.78, 5) is 20.1. The van der Waals surface area contributed by atoms with Crippen LogP contribution in [0, 0.1) is 19.8 Å². The van der Waals surface area contributed by atoms with E-state index < -0.39 is 11.9 Å². The van der Waals surface area contributed by atoms with Crippen LogP contribution >= 0.6 is 0 Å². The molecular formula is C14H20N2O3. The second-order valence-electron chi connectivity index (χ2n) is 5.17. The highest BCUT2D eigenvalue weighted by Crippen LogP contribution is 2.38. The number of carbonyl (C=O) groups is 1. The molecule has 104 valence electrons. The Bertz CT molecular complexity index is 482. The third-order valence-electron chi connectivity index (χ3n) is 4.02. The number of aromatic nitrogens is 2. The van der Waals surface area contributed by atoms with Gasteiger partial charge in [-0.1, -0.05) is 12.8 Å². The fraction of sp³-hybridized carbons (Fsp3) is 0.643. The molecule has 0 aromatic carbocycles. The first-order valence-electron chi connectivity index (χ1n) is 6.66. The first-order valence-corrected chi connectivity index (χ1v) is 6.66. The molecule has 1 fully saturated rings. The van der Waals surface area contributed by atoms with Crippen LogP contribution in [0.15, 0.2) is 0 Å². The van der Waals surface area contributed by atoms with Crippen molar-refractivity contribution in [1.82, 2.24) is 9.97 Å². The topological polar surface area (TPSA) is 72.3 Å². The average Bonchev–Trinajstić information content (AvgIpc) is 2.87. The van der Waals surface area contributed by atoms with E-state index in [1.165, 1.54) is 7.11 Å². The Kier molecular flexibility index (Phi) is 4.02. The zero-order valence-corrected chi connectivity index (χ0v) is 11.6. The molecule has 1 aliphatic rings. The lowest BCUT2D eigenvalue weighted by molar-refractivity contribution is -0.140. The molecular weight excluding hydrogens is 244 g/mol. The Labute approximate surface area is 113 Å². The maximum absolute atomic E-state index is 11.6. The van der Waals surface area contributed by atoms with Gasteiger partial charge in [-0.05, 0) is 38.2 Å². The van der Waals surface area contributed by atoms with Gasteiger partial charge in [0.15, 0.2) is 0 Å². The van der Waals surface area contributed by atoms with Gasteiger partial charge in [-0.3, -0.25) is 4.79 Å². The zero-order valence-electron chi connectivity index (χ0n) is 11.6. The standard InChI is InChI=1S/C14H20N2O3/c1-8-9(2)15-14(19-3)16-12(8)11(13(17)18)10-6-4-5-7-10/h10-11H,4-7H2,1-3H3,(H,17,18). The monoisotopic (exact) mass is 264 g/mol. The summed E-state index contributed by atoms with van der Waals surface area (Å²) in [5, 5.41) is 9.56. The summed E-state index contributed by atoms with van der Waals surface area (Å²) in [6.07, 6.45) is 4.13. The van der Waals surface area contributed by atoms with Gasteiger partial charge in [0.25, 0.3) is 0 Å². The van der Waals surface area contributed by atoms with Crippen LogP contribution in [0.3, 0.4) is 0 Å². The molecule has 0 amide bonds.